The molecule has 1 aliphatic rings. The van der Waals surface area contributed by atoms with Crippen LogP contribution in [-0.4, -0.2) is 33.7 Å². The fourth-order valence-corrected chi connectivity index (χ4v) is 3.57. The highest BCUT2D eigenvalue weighted by Crippen LogP contribution is 2.34. The first kappa shape index (κ1) is 20.3. The molecular formula is C19H13Cl2NO5S. The molecule has 0 radical (unpaired) electrons. The zero-order valence-electron chi connectivity index (χ0n) is 14.2. The van der Waals surface area contributed by atoms with E-state index in [1.165, 1.54) is 0 Å². The predicted molar refractivity (Wildman–Crippen MR) is 108 cm³/mol. The van der Waals surface area contributed by atoms with Crippen molar-refractivity contribution in [2.45, 2.75) is 6.54 Å². The Morgan fingerprint density at radius 3 is 2.46 bits per heavy atom. The summed E-state index contributed by atoms with van der Waals surface area (Å²) in [5, 5.41) is 8.99. The molecule has 144 valence electrons. The van der Waals surface area contributed by atoms with Gasteiger partial charge in [-0.1, -0.05) is 41.4 Å². The zero-order valence-corrected chi connectivity index (χ0v) is 16.6. The molecule has 1 N–H and O–H groups in total. The van der Waals surface area contributed by atoms with E-state index in [9.17, 15) is 14.4 Å². The number of halogens is 2. The van der Waals surface area contributed by atoms with Crippen LogP contribution in [0.2, 0.25) is 10.0 Å². The van der Waals surface area contributed by atoms with Crippen molar-refractivity contribution in [3.8, 4) is 5.75 Å². The standard InChI is InChI=1S/C19H13Cl2NO5S/c20-14-6-3-12(7-15(14)21)9-22-18(25)16(28-19(22)26)8-11-1-4-13(5-2-11)27-10-17(23)24/h1-8H,9-10H2,(H,23,24)/b16-8+. The van der Waals surface area contributed by atoms with Gasteiger partial charge in [-0.3, -0.25) is 14.5 Å². The number of carboxylic acid groups (broad SMARTS) is 1. The van der Waals surface area contributed by atoms with Gasteiger partial charge in [-0.2, -0.15) is 0 Å². The van der Waals surface area contributed by atoms with Gasteiger partial charge in [-0.05, 0) is 53.2 Å². The summed E-state index contributed by atoms with van der Waals surface area (Å²) >= 11 is 12.7. The van der Waals surface area contributed by atoms with Gasteiger partial charge in [0.25, 0.3) is 11.1 Å². The fourth-order valence-electron chi connectivity index (χ4n) is 2.41. The van der Waals surface area contributed by atoms with Crippen LogP contribution in [0.25, 0.3) is 6.08 Å². The normalized spacial score (nSPS) is 15.4. The topological polar surface area (TPSA) is 83.9 Å². The Morgan fingerprint density at radius 1 is 1.11 bits per heavy atom. The van der Waals surface area contributed by atoms with Crippen molar-refractivity contribution >= 4 is 58.2 Å². The molecule has 2 aromatic carbocycles. The molecule has 0 bridgehead atoms. The lowest BCUT2D eigenvalue weighted by molar-refractivity contribution is -0.139. The molecule has 1 heterocycles. The molecule has 1 fully saturated rings. The molecule has 0 aliphatic carbocycles. The first-order valence-corrected chi connectivity index (χ1v) is 9.54. The highest BCUT2D eigenvalue weighted by Gasteiger charge is 2.35. The van der Waals surface area contributed by atoms with Crippen molar-refractivity contribution in [3.05, 3.63) is 68.5 Å². The number of thioether (sulfide) groups is 1. The smallest absolute Gasteiger partial charge is 0.341 e. The second-order valence-electron chi connectivity index (χ2n) is 5.77. The molecule has 1 aliphatic heterocycles. The van der Waals surface area contributed by atoms with E-state index in [1.54, 1.807) is 48.5 Å². The third-order valence-electron chi connectivity index (χ3n) is 3.74. The largest absolute Gasteiger partial charge is 0.482 e. The van der Waals surface area contributed by atoms with Crippen molar-refractivity contribution in [1.29, 1.82) is 0 Å². The third kappa shape index (κ3) is 4.86. The van der Waals surface area contributed by atoms with Crippen LogP contribution in [0, 0.1) is 0 Å². The number of amides is 2. The lowest BCUT2D eigenvalue weighted by Crippen LogP contribution is -2.27. The summed E-state index contributed by atoms with van der Waals surface area (Å²) in [6, 6.07) is 11.5. The van der Waals surface area contributed by atoms with Crippen LogP contribution < -0.4 is 4.74 Å². The SMILES string of the molecule is O=C(O)COc1ccc(/C=C2/SC(=O)N(Cc3ccc(Cl)c(Cl)c3)C2=O)cc1. The van der Waals surface area contributed by atoms with Gasteiger partial charge in [0.2, 0.25) is 0 Å². The maximum Gasteiger partial charge on any atom is 0.341 e. The van der Waals surface area contributed by atoms with Gasteiger partial charge in [0.1, 0.15) is 5.75 Å². The average Bonchev–Trinajstić information content (AvgIpc) is 2.91. The Morgan fingerprint density at radius 2 is 1.82 bits per heavy atom. The summed E-state index contributed by atoms with van der Waals surface area (Å²) in [6.07, 6.45) is 1.60. The van der Waals surface area contributed by atoms with Gasteiger partial charge in [0.15, 0.2) is 6.61 Å². The van der Waals surface area contributed by atoms with E-state index < -0.39 is 18.5 Å². The highest BCUT2D eigenvalue weighted by molar-refractivity contribution is 8.18. The van der Waals surface area contributed by atoms with Gasteiger partial charge >= 0.3 is 5.97 Å². The Labute approximate surface area is 174 Å². The lowest BCUT2D eigenvalue weighted by atomic mass is 10.2. The molecule has 6 nitrogen and oxygen atoms in total. The summed E-state index contributed by atoms with van der Waals surface area (Å²) < 4.78 is 5.06. The molecule has 3 rings (SSSR count). The van der Waals surface area contributed by atoms with Gasteiger partial charge in [0, 0.05) is 0 Å². The Balaban J connectivity index is 1.71. The molecule has 0 atom stereocenters. The second kappa shape index (κ2) is 8.68. The first-order valence-electron chi connectivity index (χ1n) is 7.97. The summed E-state index contributed by atoms with van der Waals surface area (Å²) in [6.45, 7) is -0.339. The first-order chi connectivity index (χ1) is 13.3. The van der Waals surface area contributed by atoms with Gasteiger partial charge in [-0.15, -0.1) is 0 Å². The van der Waals surface area contributed by atoms with Crippen LogP contribution in [0.1, 0.15) is 11.1 Å². The molecule has 2 amide bonds. The number of aliphatic carboxylic acids is 1. The van der Waals surface area contributed by atoms with E-state index in [4.69, 9.17) is 33.0 Å². The summed E-state index contributed by atoms with van der Waals surface area (Å²) in [4.78, 5) is 36.8. The molecule has 2 aromatic rings. The lowest BCUT2D eigenvalue weighted by Gasteiger charge is -2.12. The number of nitrogens with zero attached hydrogens (tertiary/aromatic N) is 1. The van der Waals surface area contributed by atoms with Crippen molar-refractivity contribution in [1.82, 2.24) is 4.90 Å². The maximum absolute atomic E-state index is 12.6. The van der Waals surface area contributed by atoms with Gasteiger partial charge < -0.3 is 9.84 Å². The second-order valence-corrected chi connectivity index (χ2v) is 7.58. The van der Waals surface area contributed by atoms with Crippen LogP contribution in [0.5, 0.6) is 5.75 Å². The number of hydrogen-bond acceptors (Lipinski definition) is 5. The van der Waals surface area contributed by atoms with E-state index >= 15 is 0 Å². The fraction of sp³-hybridized carbons (Fsp3) is 0.105. The molecule has 9 heteroatoms. The molecule has 1 saturated heterocycles. The molecule has 28 heavy (non-hydrogen) atoms. The van der Waals surface area contributed by atoms with Crippen molar-refractivity contribution in [2.75, 3.05) is 6.61 Å². The number of rotatable bonds is 6. The highest BCUT2D eigenvalue weighted by atomic mass is 35.5. The summed E-state index contributed by atoms with van der Waals surface area (Å²) in [7, 11) is 0. The van der Waals surface area contributed by atoms with E-state index in [0.717, 1.165) is 16.7 Å². The van der Waals surface area contributed by atoms with Gasteiger partial charge in [0.05, 0.1) is 21.5 Å². The molecule has 0 saturated carbocycles. The van der Waals surface area contributed by atoms with Crippen molar-refractivity contribution < 1.29 is 24.2 Å². The minimum Gasteiger partial charge on any atom is -0.482 e. The van der Waals surface area contributed by atoms with Crippen LogP contribution in [0.3, 0.4) is 0 Å². The number of benzene rings is 2. The number of carbonyl (C=O) groups is 3. The third-order valence-corrected chi connectivity index (χ3v) is 5.38. The molecule has 0 spiro atoms. The van der Waals surface area contributed by atoms with Crippen molar-refractivity contribution in [2.24, 2.45) is 0 Å². The number of imide groups is 1. The Hall–Kier alpha value is -2.48. The maximum atomic E-state index is 12.6. The number of ether oxygens (including phenoxy) is 1. The van der Waals surface area contributed by atoms with Crippen molar-refractivity contribution in [3.63, 3.8) is 0 Å². The number of hydrogen-bond donors (Lipinski definition) is 1. The number of carbonyl (C=O) groups excluding carboxylic acids is 2. The summed E-state index contributed by atoms with van der Waals surface area (Å²) in [5.74, 6) is -1.07. The quantitative estimate of drug-likeness (QED) is 0.659. The molecular weight excluding hydrogens is 425 g/mol. The Kier molecular flexibility index (Phi) is 6.28. The zero-order chi connectivity index (χ0) is 20.3. The average molecular weight is 438 g/mol. The van der Waals surface area contributed by atoms with Gasteiger partial charge in [-0.25, -0.2) is 4.79 Å². The summed E-state index contributed by atoms with van der Waals surface area (Å²) in [5.41, 5.74) is 1.38. The van der Waals surface area contributed by atoms with E-state index in [-0.39, 0.29) is 11.8 Å². The monoisotopic (exact) mass is 437 g/mol. The minimum atomic E-state index is -1.07. The van der Waals surface area contributed by atoms with E-state index in [1.807, 2.05) is 0 Å². The van der Waals surface area contributed by atoms with Crippen LogP contribution in [0.4, 0.5) is 4.79 Å². The molecule has 0 unspecified atom stereocenters. The number of carboxylic acids is 1. The minimum absolute atomic E-state index is 0.0981. The van der Waals surface area contributed by atoms with Crippen LogP contribution in [-0.2, 0) is 16.1 Å². The van der Waals surface area contributed by atoms with E-state index in [2.05, 4.69) is 0 Å². The van der Waals surface area contributed by atoms with Crippen LogP contribution in [0.15, 0.2) is 47.4 Å². The molecule has 0 aromatic heterocycles. The van der Waals surface area contributed by atoms with Crippen LogP contribution >= 0.6 is 35.0 Å². The predicted octanol–water partition coefficient (Wildman–Crippen LogP) is 4.69. The Bertz CT molecular complexity index is 975. The van der Waals surface area contributed by atoms with E-state index in [0.29, 0.717) is 31.8 Å².